The van der Waals surface area contributed by atoms with Gasteiger partial charge in [0.15, 0.2) is 0 Å². The standard InChI is InChI=1S/C12H19N5S/c1-5-9-12(18-16-15-9)11(13-6-2)10-7-14-8(3)17(10)4/h7,11,13H,5-6H2,1-4H3. The van der Waals surface area contributed by atoms with Crippen molar-refractivity contribution >= 4 is 11.5 Å². The summed E-state index contributed by atoms with van der Waals surface area (Å²) < 4.78 is 6.20. The van der Waals surface area contributed by atoms with E-state index >= 15 is 0 Å². The molecule has 0 saturated carbocycles. The van der Waals surface area contributed by atoms with Gasteiger partial charge in [0.05, 0.1) is 28.5 Å². The second kappa shape index (κ2) is 5.58. The molecule has 0 aliphatic carbocycles. The Kier molecular flexibility index (Phi) is 4.08. The summed E-state index contributed by atoms with van der Waals surface area (Å²) in [6.07, 6.45) is 2.84. The van der Waals surface area contributed by atoms with Gasteiger partial charge in [-0.25, -0.2) is 4.98 Å². The van der Waals surface area contributed by atoms with E-state index in [9.17, 15) is 0 Å². The molecule has 2 rings (SSSR count). The first-order valence-corrected chi connectivity index (χ1v) is 6.99. The SMILES string of the molecule is CCNC(c1snnc1CC)c1cnc(C)n1C. The van der Waals surface area contributed by atoms with Gasteiger partial charge in [-0.2, -0.15) is 0 Å². The normalized spacial score (nSPS) is 12.9. The molecule has 18 heavy (non-hydrogen) atoms. The molecule has 0 bridgehead atoms. The molecule has 0 fully saturated rings. The average molecular weight is 265 g/mol. The summed E-state index contributed by atoms with van der Waals surface area (Å²) in [5, 5.41) is 7.70. The zero-order valence-electron chi connectivity index (χ0n) is 11.3. The van der Waals surface area contributed by atoms with Crippen molar-refractivity contribution in [2.24, 2.45) is 7.05 Å². The quantitative estimate of drug-likeness (QED) is 0.896. The third-order valence-corrected chi connectivity index (χ3v) is 3.97. The van der Waals surface area contributed by atoms with Crippen molar-refractivity contribution in [1.82, 2.24) is 24.5 Å². The lowest BCUT2D eigenvalue weighted by atomic mass is 10.1. The zero-order valence-corrected chi connectivity index (χ0v) is 12.1. The van der Waals surface area contributed by atoms with Crippen molar-refractivity contribution in [3.8, 4) is 0 Å². The third-order valence-electron chi connectivity index (χ3n) is 3.14. The van der Waals surface area contributed by atoms with E-state index in [2.05, 4.69) is 38.3 Å². The summed E-state index contributed by atoms with van der Waals surface area (Å²) in [4.78, 5) is 5.57. The van der Waals surface area contributed by atoms with Gasteiger partial charge in [0.2, 0.25) is 0 Å². The van der Waals surface area contributed by atoms with Crippen LogP contribution in [0.15, 0.2) is 6.20 Å². The van der Waals surface area contributed by atoms with Gasteiger partial charge in [0.1, 0.15) is 5.82 Å². The molecule has 0 aliphatic rings. The summed E-state index contributed by atoms with van der Waals surface area (Å²) in [6, 6.07) is 0.135. The van der Waals surface area contributed by atoms with Gasteiger partial charge in [-0.05, 0) is 31.4 Å². The Labute approximate surface area is 111 Å². The molecule has 2 aromatic rings. The Morgan fingerprint density at radius 2 is 2.22 bits per heavy atom. The topological polar surface area (TPSA) is 55.6 Å². The number of rotatable bonds is 5. The minimum absolute atomic E-state index is 0.135. The smallest absolute Gasteiger partial charge is 0.105 e. The minimum atomic E-state index is 0.135. The molecular formula is C12H19N5S. The zero-order chi connectivity index (χ0) is 13.1. The highest BCUT2D eigenvalue weighted by molar-refractivity contribution is 7.05. The fourth-order valence-corrected chi connectivity index (χ4v) is 2.83. The number of nitrogens with one attached hydrogen (secondary N) is 1. The highest BCUT2D eigenvalue weighted by Gasteiger charge is 2.22. The predicted octanol–water partition coefficient (Wildman–Crippen LogP) is 1.84. The van der Waals surface area contributed by atoms with E-state index in [1.165, 1.54) is 16.4 Å². The molecule has 1 unspecified atom stereocenters. The largest absolute Gasteiger partial charge is 0.334 e. The van der Waals surface area contributed by atoms with Crippen LogP contribution in [0.5, 0.6) is 0 Å². The molecule has 5 nitrogen and oxygen atoms in total. The van der Waals surface area contributed by atoms with E-state index in [0.717, 1.165) is 30.2 Å². The molecule has 98 valence electrons. The van der Waals surface area contributed by atoms with Gasteiger partial charge in [-0.1, -0.05) is 18.3 Å². The Balaban J connectivity index is 2.43. The maximum atomic E-state index is 4.37. The van der Waals surface area contributed by atoms with Crippen LogP contribution in [-0.4, -0.2) is 25.7 Å². The Bertz CT molecular complexity index is 516. The second-order valence-electron chi connectivity index (χ2n) is 4.22. The van der Waals surface area contributed by atoms with Crippen LogP contribution in [-0.2, 0) is 13.5 Å². The van der Waals surface area contributed by atoms with Crippen LogP contribution in [0.1, 0.15) is 42.0 Å². The predicted molar refractivity (Wildman–Crippen MR) is 72.8 cm³/mol. The number of hydrogen-bond acceptors (Lipinski definition) is 5. The molecule has 0 spiro atoms. The van der Waals surface area contributed by atoms with Crippen LogP contribution in [0.2, 0.25) is 0 Å². The summed E-state index contributed by atoms with van der Waals surface area (Å²) in [5.41, 5.74) is 2.24. The van der Waals surface area contributed by atoms with Gasteiger partial charge in [-0.3, -0.25) is 0 Å². The van der Waals surface area contributed by atoms with E-state index < -0.39 is 0 Å². The highest BCUT2D eigenvalue weighted by Crippen LogP contribution is 2.27. The molecular weight excluding hydrogens is 246 g/mol. The lowest BCUT2D eigenvalue weighted by Gasteiger charge is -2.17. The van der Waals surface area contributed by atoms with E-state index in [1.54, 1.807) is 0 Å². The van der Waals surface area contributed by atoms with E-state index in [1.807, 2.05) is 20.2 Å². The van der Waals surface area contributed by atoms with Gasteiger partial charge >= 0.3 is 0 Å². The molecule has 0 aliphatic heterocycles. The molecule has 0 amide bonds. The Hall–Kier alpha value is -1.27. The van der Waals surface area contributed by atoms with Crippen LogP contribution in [0.4, 0.5) is 0 Å². The fourth-order valence-electron chi connectivity index (χ4n) is 2.00. The van der Waals surface area contributed by atoms with Gasteiger partial charge in [0, 0.05) is 7.05 Å². The van der Waals surface area contributed by atoms with Crippen molar-refractivity contribution < 1.29 is 0 Å². The van der Waals surface area contributed by atoms with Crippen molar-refractivity contribution in [3.63, 3.8) is 0 Å². The lowest BCUT2D eigenvalue weighted by Crippen LogP contribution is -2.24. The van der Waals surface area contributed by atoms with Crippen LogP contribution in [0, 0.1) is 6.92 Å². The van der Waals surface area contributed by atoms with Crippen LogP contribution in [0.25, 0.3) is 0 Å². The first-order chi connectivity index (χ1) is 8.69. The van der Waals surface area contributed by atoms with Gasteiger partial charge in [-0.15, -0.1) is 5.10 Å². The monoisotopic (exact) mass is 265 g/mol. The Morgan fingerprint density at radius 3 is 2.78 bits per heavy atom. The molecule has 2 heterocycles. The molecule has 0 saturated heterocycles. The summed E-state index contributed by atoms with van der Waals surface area (Å²) >= 11 is 1.47. The lowest BCUT2D eigenvalue weighted by molar-refractivity contribution is 0.592. The van der Waals surface area contributed by atoms with Crippen molar-refractivity contribution in [2.45, 2.75) is 33.2 Å². The summed E-state index contributed by atoms with van der Waals surface area (Å²) in [5.74, 6) is 1.02. The summed E-state index contributed by atoms with van der Waals surface area (Å²) in [7, 11) is 2.04. The number of hydrogen-bond donors (Lipinski definition) is 1. The Morgan fingerprint density at radius 1 is 1.44 bits per heavy atom. The van der Waals surface area contributed by atoms with Crippen LogP contribution >= 0.6 is 11.5 Å². The maximum Gasteiger partial charge on any atom is 0.105 e. The average Bonchev–Trinajstić information content (AvgIpc) is 2.96. The first kappa shape index (κ1) is 13.2. The minimum Gasteiger partial charge on any atom is -0.334 e. The van der Waals surface area contributed by atoms with Crippen molar-refractivity contribution in [1.29, 1.82) is 0 Å². The molecule has 2 aromatic heterocycles. The number of nitrogens with zero attached hydrogens (tertiary/aromatic N) is 4. The molecule has 1 N–H and O–H groups in total. The molecule has 0 aromatic carbocycles. The second-order valence-corrected chi connectivity index (χ2v) is 5.00. The number of aryl methyl sites for hydroxylation is 2. The number of aromatic nitrogens is 4. The van der Waals surface area contributed by atoms with Crippen molar-refractivity contribution in [3.05, 3.63) is 28.3 Å². The van der Waals surface area contributed by atoms with E-state index in [0.29, 0.717) is 0 Å². The van der Waals surface area contributed by atoms with E-state index in [4.69, 9.17) is 0 Å². The van der Waals surface area contributed by atoms with E-state index in [-0.39, 0.29) is 6.04 Å². The van der Waals surface area contributed by atoms with Crippen molar-refractivity contribution in [2.75, 3.05) is 6.54 Å². The van der Waals surface area contributed by atoms with Gasteiger partial charge < -0.3 is 9.88 Å². The molecule has 1 atom stereocenters. The number of imidazole rings is 1. The molecule has 6 heteroatoms. The summed E-state index contributed by atoms with van der Waals surface area (Å²) in [6.45, 7) is 7.13. The first-order valence-electron chi connectivity index (χ1n) is 6.21. The maximum absolute atomic E-state index is 4.37. The van der Waals surface area contributed by atoms with Crippen LogP contribution < -0.4 is 5.32 Å². The fraction of sp³-hybridized carbons (Fsp3) is 0.583. The van der Waals surface area contributed by atoms with Crippen LogP contribution in [0.3, 0.4) is 0 Å². The third kappa shape index (κ3) is 2.30. The van der Waals surface area contributed by atoms with Gasteiger partial charge in [0.25, 0.3) is 0 Å². The molecule has 0 radical (unpaired) electrons. The highest BCUT2D eigenvalue weighted by atomic mass is 32.1.